The van der Waals surface area contributed by atoms with Crippen LogP contribution in [0.5, 0.6) is 11.5 Å². The average Bonchev–Trinajstić information content (AvgIpc) is 2.91. The molecule has 0 amide bonds. The zero-order chi connectivity index (χ0) is 18.2. The molecule has 27 heavy (non-hydrogen) atoms. The van der Waals surface area contributed by atoms with E-state index in [-0.39, 0.29) is 24.0 Å². The lowest BCUT2D eigenvalue weighted by Gasteiger charge is -2.14. The molecule has 0 spiro atoms. The van der Waals surface area contributed by atoms with E-state index in [1.807, 2.05) is 18.2 Å². The molecule has 1 aliphatic heterocycles. The van der Waals surface area contributed by atoms with Crippen LogP contribution in [0.3, 0.4) is 0 Å². The number of hydrogen-bond donors (Lipinski definition) is 2. The molecular weight excluding hydrogens is 457 g/mol. The van der Waals surface area contributed by atoms with Crippen molar-refractivity contribution in [1.29, 1.82) is 0 Å². The highest BCUT2D eigenvalue weighted by Gasteiger charge is 2.11. The maximum atomic E-state index is 5.73. The Balaban J connectivity index is 0.00000261. The van der Waals surface area contributed by atoms with Crippen LogP contribution in [0.1, 0.15) is 17.5 Å². The van der Waals surface area contributed by atoms with Gasteiger partial charge in [-0.25, -0.2) is 0 Å². The molecule has 1 heterocycles. The molecule has 0 bridgehead atoms. The summed E-state index contributed by atoms with van der Waals surface area (Å²) in [5, 5.41) is 6.60. The Labute approximate surface area is 177 Å². The summed E-state index contributed by atoms with van der Waals surface area (Å²) in [6.07, 6.45) is 0.893. The van der Waals surface area contributed by atoms with Gasteiger partial charge in [0.15, 0.2) is 17.5 Å². The monoisotopic (exact) mass is 483 g/mol. The SMILES string of the molecule is CN=C(NCc1ccc(COC)cc1)Nc1ccc2c(c1)OCCCO2.I. The zero-order valence-corrected chi connectivity index (χ0v) is 18.0. The number of hydrogen-bond acceptors (Lipinski definition) is 4. The summed E-state index contributed by atoms with van der Waals surface area (Å²) in [4.78, 5) is 4.28. The van der Waals surface area contributed by atoms with E-state index in [0.717, 1.165) is 29.2 Å². The van der Waals surface area contributed by atoms with Gasteiger partial charge in [0.1, 0.15) is 0 Å². The molecule has 0 radical (unpaired) electrons. The van der Waals surface area contributed by atoms with Gasteiger partial charge in [-0.1, -0.05) is 24.3 Å². The predicted molar refractivity (Wildman–Crippen MR) is 118 cm³/mol. The molecule has 2 N–H and O–H groups in total. The van der Waals surface area contributed by atoms with Crippen LogP contribution in [0.15, 0.2) is 47.5 Å². The number of halogens is 1. The van der Waals surface area contributed by atoms with Crippen LogP contribution >= 0.6 is 24.0 Å². The van der Waals surface area contributed by atoms with E-state index >= 15 is 0 Å². The van der Waals surface area contributed by atoms with E-state index < -0.39 is 0 Å². The number of nitrogens with one attached hydrogen (secondary N) is 2. The van der Waals surface area contributed by atoms with Crippen molar-refractivity contribution in [3.05, 3.63) is 53.6 Å². The fraction of sp³-hybridized carbons (Fsp3) is 0.350. The number of anilines is 1. The summed E-state index contributed by atoms with van der Waals surface area (Å²) >= 11 is 0. The van der Waals surface area contributed by atoms with Crippen LogP contribution < -0.4 is 20.1 Å². The minimum absolute atomic E-state index is 0. The van der Waals surface area contributed by atoms with Crippen LogP contribution in [0.2, 0.25) is 0 Å². The van der Waals surface area contributed by atoms with Crippen molar-refractivity contribution < 1.29 is 14.2 Å². The molecule has 146 valence electrons. The Morgan fingerprint density at radius 1 is 1.04 bits per heavy atom. The number of ether oxygens (including phenoxy) is 3. The number of fused-ring (bicyclic) bond motifs is 1. The maximum absolute atomic E-state index is 5.73. The Kier molecular flexibility index (Phi) is 8.66. The first-order chi connectivity index (χ1) is 12.8. The number of nitrogens with zero attached hydrogens (tertiary/aromatic N) is 1. The van der Waals surface area contributed by atoms with Crippen molar-refractivity contribution in [1.82, 2.24) is 5.32 Å². The van der Waals surface area contributed by atoms with E-state index in [9.17, 15) is 0 Å². The summed E-state index contributed by atoms with van der Waals surface area (Å²) in [5.74, 6) is 2.24. The predicted octanol–water partition coefficient (Wildman–Crippen LogP) is 3.80. The highest BCUT2D eigenvalue weighted by atomic mass is 127. The number of methoxy groups -OCH3 is 1. The third kappa shape index (κ3) is 6.28. The van der Waals surface area contributed by atoms with Crippen molar-refractivity contribution in [2.75, 3.05) is 32.7 Å². The standard InChI is InChI=1S/C20H25N3O3.HI/c1-21-20(22-13-15-4-6-16(7-5-15)14-24-2)23-17-8-9-18-19(12-17)26-11-3-10-25-18;/h4-9,12H,3,10-11,13-14H2,1-2H3,(H2,21,22,23);1H. The molecule has 2 aromatic carbocycles. The topological polar surface area (TPSA) is 64.1 Å². The molecule has 7 heteroatoms. The minimum Gasteiger partial charge on any atom is -0.490 e. The largest absolute Gasteiger partial charge is 0.490 e. The summed E-state index contributed by atoms with van der Waals surface area (Å²) in [5.41, 5.74) is 3.23. The Morgan fingerprint density at radius 2 is 1.74 bits per heavy atom. The summed E-state index contributed by atoms with van der Waals surface area (Å²) < 4.78 is 16.5. The van der Waals surface area contributed by atoms with Gasteiger partial charge in [-0.2, -0.15) is 0 Å². The molecule has 0 saturated carbocycles. The number of aliphatic imine (C=N–C) groups is 1. The van der Waals surface area contributed by atoms with Crippen molar-refractivity contribution in [2.45, 2.75) is 19.6 Å². The fourth-order valence-corrected chi connectivity index (χ4v) is 2.66. The second-order valence-electron chi connectivity index (χ2n) is 6.01. The Hall–Kier alpha value is -2.00. The average molecular weight is 483 g/mol. The second kappa shape index (κ2) is 11.0. The van der Waals surface area contributed by atoms with Crippen LogP contribution in [0, 0.1) is 0 Å². The fourth-order valence-electron chi connectivity index (χ4n) is 2.66. The van der Waals surface area contributed by atoms with Crippen LogP contribution in [0.25, 0.3) is 0 Å². The van der Waals surface area contributed by atoms with E-state index in [1.54, 1.807) is 14.2 Å². The Morgan fingerprint density at radius 3 is 2.44 bits per heavy atom. The van der Waals surface area contributed by atoms with Gasteiger partial charge in [-0.05, 0) is 23.3 Å². The van der Waals surface area contributed by atoms with Crippen molar-refractivity contribution in [3.8, 4) is 11.5 Å². The zero-order valence-electron chi connectivity index (χ0n) is 15.7. The molecule has 0 aliphatic carbocycles. The number of guanidine groups is 1. The normalized spacial score (nSPS) is 13.3. The van der Waals surface area contributed by atoms with E-state index in [4.69, 9.17) is 14.2 Å². The van der Waals surface area contributed by atoms with Crippen molar-refractivity contribution in [3.63, 3.8) is 0 Å². The molecule has 6 nitrogen and oxygen atoms in total. The quantitative estimate of drug-likeness (QED) is 0.385. The van der Waals surface area contributed by atoms with Gasteiger partial charge < -0.3 is 24.8 Å². The third-order valence-corrected chi connectivity index (χ3v) is 4.03. The lowest BCUT2D eigenvalue weighted by Crippen LogP contribution is -2.30. The molecule has 0 atom stereocenters. The van der Waals surface area contributed by atoms with Gasteiger partial charge >= 0.3 is 0 Å². The summed E-state index contributed by atoms with van der Waals surface area (Å²) in [7, 11) is 3.45. The van der Waals surface area contributed by atoms with Gasteiger partial charge in [0.05, 0.1) is 19.8 Å². The first kappa shape index (κ1) is 21.3. The first-order valence-electron chi connectivity index (χ1n) is 8.72. The summed E-state index contributed by atoms with van der Waals surface area (Å²) in [6.45, 7) is 2.66. The number of rotatable bonds is 5. The molecule has 1 aliphatic rings. The molecule has 3 rings (SSSR count). The van der Waals surface area contributed by atoms with Gasteiger partial charge in [0, 0.05) is 38.9 Å². The van der Waals surface area contributed by atoms with E-state index in [0.29, 0.717) is 32.3 Å². The molecule has 0 aromatic heterocycles. The first-order valence-corrected chi connectivity index (χ1v) is 8.72. The highest BCUT2D eigenvalue weighted by molar-refractivity contribution is 14.0. The lowest BCUT2D eigenvalue weighted by molar-refractivity contribution is 0.185. The van der Waals surface area contributed by atoms with Gasteiger partial charge in [0.25, 0.3) is 0 Å². The lowest BCUT2D eigenvalue weighted by atomic mass is 10.1. The second-order valence-corrected chi connectivity index (χ2v) is 6.01. The molecule has 0 saturated heterocycles. The molecule has 2 aromatic rings. The van der Waals surface area contributed by atoms with Crippen molar-refractivity contribution >= 4 is 35.6 Å². The molecule has 0 unspecified atom stereocenters. The third-order valence-electron chi connectivity index (χ3n) is 4.03. The van der Waals surface area contributed by atoms with Crippen LogP contribution in [0.4, 0.5) is 5.69 Å². The van der Waals surface area contributed by atoms with Crippen LogP contribution in [-0.4, -0.2) is 33.3 Å². The van der Waals surface area contributed by atoms with Gasteiger partial charge in [-0.3, -0.25) is 4.99 Å². The maximum Gasteiger partial charge on any atom is 0.195 e. The Bertz CT molecular complexity index is 751. The van der Waals surface area contributed by atoms with Gasteiger partial charge in [0.2, 0.25) is 0 Å². The highest BCUT2D eigenvalue weighted by Crippen LogP contribution is 2.32. The minimum atomic E-state index is 0. The molecular formula is C20H26IN3O3. The van der Waals surface area contributed by atoms with Crippen LogP contribution in [-0.2, 0) is 17.9 Å². The van der Waals surface area contributed by atoms with E-state index in [2.05, 4.69) is 39.9 Å². The molecule has 0 fully saturated rings. The number of benzene rings is 2. The van der Waals surface area contributed by atoms with Gasteiger partial charge in [-0.15, -0.1) is 24.0 Å². The smallest absolute Gasteiger partial charge is 0.195 e. The van der Waals surface area contributed by atoms with E-state index in [1.165, 1.54) is 5.56 Å². The van der Waals surface area contributed by atoms with Crippen molar-refractivity contribution in [2.24, 2.45) is 4.99 Å². The summed E-state index contributed by atoms with van der Waals surface area (Å²) in [6, 6.07) is 14.1.